The van der Waals surface area contributed by atoms with Crippen LogP contribution in [0.2, 0.25) is 0 Å². The number of hydrogen-bond donors (Lipinski definition) is 1. The lowest BCUT2D eigenvalue weighted by atomic mass is 9.98. The van der Waals surface area contributed by atoms with Crippen molar-refractivity contribution in [2.24, 2.45) is 0 Å². The first-order valence-electron chi connectivity index (χ1n) is 9.79. The average molecular weight is 354 g/mol. The largest absolute Gasteiger partial charge is 0.381 e. The van der Waals surface area contributed by atoms with E-state index >= 15 is 0 Å². The van der Waals surface area contributed by atoms with Gasteiger partial charge >= 0.3 is 0 Å². The minimum atomic E-state index is 0.859. The number of aryl methyl sites for hydroxylation is 3. The summed E-state index contributed by atoms with van der Waals surface area (Å²) in [5.74, 6) is 0. The molecular weight excluding hydrogens is 326 g/mol. The van der Waals surface area contributed by atoms with Gasteiger partial charge in [0.1, 0.15) is 0 Å². The fraction of sp³-hybridized carbons (Fsp3) is 0.231. The Balaban J connectivity index is 1.58. The van der Waals surface area contributed by atoms with Crippen LogP contribution in [0, 0.1) is 20.8 Å². The molecule has 136 valence electrons. The van der Waals surface area contributed by atoms with Gasteiger partial charge in [-0.15, -0.1) is 0 Å². The molecule has 1 saturated carbocycles. The molecule has 0 heterocycles. The van der Waals surface area contributed by atoms with Crippen LogP contribution < -0.4 is 5.32 Å². The Bertz CT molecular complexity index is 987. The molecule has 27 heavy (non-hydrogen) atoms. The van der Waals surface area contributed by atoms with E-state index in [0.29, 0.717) is 0 Å². The predicted octanol–water partition coefficient (Wildman–Crippen LogP) is 6.57. The van der Waals surface area contributed by atoms with Crippen molar-refractivity contribution >= 4 is 5.70 Å². The van der Waals surface area contributed by atoms with Crippen molar-refractivity contribution in [1.82, 2.24) is 5.32 Å². The Morgan fingerprint density at radius 3 is 2.22 bits per heavy atom. The van der Waals surface area contributed by atoms with E-state index in [1.807, 2.05) is 0 Å². The normalized spacial score (nSPS) is 12.8. The van der Waals surface area contributed by atoms with E-state index in [9.17, 15) is 0 Å². The van der Waals surface area contributed by atoms with Crippen LogP contribution in [0.15, 0.2) is 72.3 Å². The first kappa shape index (κ1) is 17.6. The number of nitrogens with one attached hydrogen (secondary N) is 1. The summed E-state index contributed by atoms with van der Waals surface area (Å²) in [4.78, 5) is 0. The summed E-state index contributed by atoms with van der Waals surface area (Å²) in [5, 5.41) is 3.74. The number of rotatable bonds is 5. The fourth-order valence-corrected chi connectivity index (χ4v) is 3.51. The molecule has 1 fully saturated rings. The van der Waals surface area contributed by atoms with Gasteiger partial charge in [0, 0.05) is 12.2 Å². The van der Waals surface area contributed by atoms with Crippen LogP contribution in [-0.2, 0) is 6.54 Å². The van der Waals surface area contributed by atoms with E-state index in [1.165, 1.54) is 57.5 Å². The van der Waals surface area contributed by atoms with E-state index in [-0.39, 0.29) is 0 Å². The standard InChI is InChI=1S/C26H27N/c1-18-7-10-21(11-8-18)26(22-13-14-22)27-17-25-16-24(12-9-20(25)3)23-6-4-5-19(2)15-23/h4-12,15-16,27H,13-14,17H2,1-3H3. The van der Waals surface area contributed by atoms with E-state index in [0.717, 1.165) is 6.54 Å². The van der Waals surface area contributed by atoms with Crippen LogP contribution >= 0.6 is 0 Å². The zero-order valence-electron chi connectivity index (χ0n) is 16.5. The molecule has 1 heteroatoms. The third kappa shape index (κ3) is 4.14. The highest BCUT2D eigenvalue weighted by Gasteiger charge is 2.19. The average Bonchev–Trinajstić information content (AvgIpc) is 3.50. The molecule has 0 atom stereocenters. The van der Waals surface area contributed by atoms with Gasteiger partial charge < -0.3 is 5.32 Å². The molecule has 1 N–H and O–H groups in total. The van der Waals surface area contributed by atoms with Crippen molar-refractivity contribution in [3.63, 3.8) is 0 Å². The molecule has 3 aromatic carbocycles. The minimum absolute atomic E-state index is 0.859. The molecule has 4 rings (SSSR count). The summed E-state index contributed by atoms with van der Waals surface area (Å²) < 4.78 is 0. The molecule has 0 aromatic heterocycles. The van der Waals surface area contributed by atoms with Crippen molar-refractivity contribution in [3.05, 3.63) is 100 Å². The maximum Gasteiger partial charge on any atom is 0.0408 e. The quantitative estimate of drug-likeness (QED) is 0.547. The lowest BCUT2D eigenvalue weighted by Crippen LogP contribution is -2.13. The lowest BCUT2D eigenvalue weighted by molar-refractivity contribution is 0.879. The molecular formula is C26H27N. The Morgan fingerprint density at radius 1 is 0.778 bits per heavy atom. The first-order valence-corrected chi connectivity index (χ1v) is 9.79. The second-order valence-electron chi connectivity index (χ2n) is 7.71. The van der Waals surface area contributed by atoms with E-state index in [2.05, 4.69) is 92.8 Å². The third-order valence-corrected chi connectivity index (χ3v) is 5.35. The summed E-state index contributed by atoms with van der Waals surface area (Å²) in [6.45, 7) is 7.35. The topological polar surface area (TPSA) is 12.0 Å². The van der Waals surface area contributed by atoms with Gasteiger partial charge in [0.2, 0.25) is 0 Å². The highest BCUT2D eigenvalue weighted by Crippen LogP contribution is 2.35. The molecule has 0 bridgehead atoms. The molecule has 1 aliphatic rings. The van der Waals surface area contributed by atoms with Crippen molar-refractivity contribution in [2.45, 2.75) is 40.2 Å². The summed E-state index contributed by atoms with van der Waals surface area (Å²) in [6, 6.07) is 24.4. The fourth-order valence-electron chi connectivity index (χ4n) is 3.51. The van der Waals surface area contributed by atoms with Gasteiger partial charge in [-0.1, -0.05) is 71.8 Å². The summed E-state index contributed by atoms with van der Waals surface area (Å²) in [7, 11) is 0. The molecule has 0 amide bonds. The van der Waals surface area contributed by atoms with Crippen molar-refractivity contribution < 1.29 is 0 Å². The van der Waals surface area contributed by atoms with E-state index in [1.54, 1.807) is 5.57 Å². The third-order valence-electron chi connectivity index (χ3n) is 5.35. The zero-order valence-corrected chi connectivity index (χ0v) is 16.5. The molecule has 0 radical (unpaired) electrons. The highest BCUT2D eigenvalue weighted by molar-refractivity contribution is 5.70. The maximum atomic E-state index is 3.74. The smallest absolute Gasteiger partial charge is 0.0408 e. The molecule has 0 aliphatic heterocycles. The highest BCUT2D eigenvalue weighted by atomic mass is 14.9. The molecule has 0 spiro atoms. The van der Waals surface area contributed by atoms with Gasteiger partial charge in [-0.05, 0) is 73.1 Å². The monoisotopic (exact) mass is 353 g/mol. The Kier molecular flexibility index (Phi) is 4.85. The van der Waals surface area contributed by atoms with Crippen LogP contribution in [0.4, 0.5) is 0 Å². The predicted molar refractivity (Wildman–Crippen MR) is 116 cm³/mol. The second kappa shape index (κ2) is 7.44. The van der Waals surface area contributed by atoms with Crippen molar-refractivity contribution in [1.29, 1.82) is 0 Å². The van der Waals surface area contributed by atoms with E-state index in [4.69, 9.17) is 0 Å². The van der Waals surface area contributed by atoms with Gasteiger partial charge in [-0.2, -0.15) is 0 Å². The summed E-state index contributed by atoms with van der Waals surface area (Å²) in [6.07, 6.45) is 2.44. The summed E-state index contributed by atoms with van der Waals surface area (Å²) >= 11 is 0. The van der Waals surface area contributed by atoms with Gasteiger partial charge in [-0.3, -0.25) is 0 Å². The minimum Gasteiger partial charge on any atom is -0.381 e. The zero-order chi connectivity index (χ0) is 18.8. The SMILES string of the molecule is Cc1ccc(C(NCc2cc(-c3cccc(C)c3)ccc2C)=C2CC2)cc1. The number of benzene rings is 3. The van der Waals surface area contributed by atoms with Crippen molar-refractivity contribution in [3.8, 4) is 11.1 Å². The second-order valence-corrected chi connectivity index (χ2v) is 7.71. The van der Waals surface area contributed by atoms with Crippen LogP contribution in [-0.4, -0.2) is 0 Å². The van der Waals surface area contributed by atoms with E-state index < -0.39 is 0 Å². The maximum absolute atomic E-state index is 3.74. The lowest BCUT2D eigenvalue weighted by Gasteiger charge is -2.15. The molecule has 3 aromatic rings. The Morgan fingerprint density at radius 2 is 1.52 bits per heavy atom. The summed E-state index contributed by atoms with van der Waals surface area (Å²) in [5.41, 5.74) is 12.1. The first-order chi connectivity index (χ1) is 13.1. The molecule has 0 unspecified atom stereocenters. The van der Waals surface area contributed by atoms with Crippen LogP contribution in [0.1, 0.15) is 40.7 Å². The Labute approximate surface area is 162 Å². The van der Waals surface area contributed by atoms with Gasteiger partial charge in [0.15, 0.2) is 0 Å². The number of hydrogen-bond acceptors (Lipinski definition) is 1. The molecule has 1 aliphatic carbocycles. The molecule has 0 saturated heterocycles. The van der Waals surface area contributed by atoms with Crippen LogP contribution in [0.25, 0.3) is 16.8 Å². The van der Waals surface area contributed by atoms with Crippen LogP contribution in [0.5, 0.6) is 0 Å². The van der Waals surface area contributed by atoms with Crippen molar-refractivity contribution in [2.75, 3.05) is 0 Å². The molecule has 1 nitrogen and oxygen atoms in total. The van der Waals surface area contributed by atoms with Crippen LogP contribution in [0.3, 0.4) is 0 Å². The van der Waals surface area contributed by atoms with Gasteiger partial charge in [-0.25, -0.2) is 0 Å². The Hall–Kier alpha value is -2.80. The van der Waals surface area contributed by atoms with Gasteiger partial charge in [0.05, 0.1) is 0 Å². The number of allylic oxidation sites excluding steroid dienone is 1. The van der Waals surface area contributed by atoms with Gasteiger partial charge in [0.25, 0.3) is 0 Å².